The number of aliphatic hydroxyl groups excluding tert-OH is 2. The predicted octanol–water partition coefficient (Wildman–Crippen LogP) is -1.38. The van der Waals surface area contributed by atoms with Crippen molar-refractivity contribution in [1.82, 2.24) is 10.6 Å². The minimum atomic E-state index is -2.27. The van der Waals surface area contributed by atoms with Crippen LogP contribution in [0.3, 0.4) is 0 Å². The minimum absolute atomic E-state index is 1.25. The maximum atomic E-state index is 9.77. The first-order chi connectivity index (χ1) is 9.46. The molecule has 2 saturated heterocycles. The van der Waals surface area contributed by atoms with E-state index in [1.165, 1.54) is 51.9 Å². The maximum Gasteiger partial charge on any atom is 0.335 e. The fourth-order valence-corrected chi connectivity index (χ4v) is 1.52. The Morgan fingerprint density at radius 1 is 0.700 bits per heavy atom. The first-order valence-electron chi connectivity index (χ1n) is 6.70. The average molecular weight is 292 g/mol. The van der Waals surface area contributed by atoms with Gasteiger partial charge in [-0.1, -0.05) is 0 Å². The Morgan fingerprint density at radius 3 is 1.05 bits per heavy atom. The highest BCUT2D eigenvalue weighted by Crippen LogP contribution is 1.92. The summed E-state index contributed by atoms with van der Waals surface area (Å²) in [4.78, 5) is 19.5. The smallest absolute Gasteiger partial charge is 0.335 e. The molecule has 20 heavy (non-hydrogen) atoms. The van der Waals surface area contributed by atoms with Crippen molar-refractivity contribution in [3.63, 3.8) is 0 Å². The highest BCUT2D eigenvalue weighted by Gasteiger charge is 2.29. The van der Waals surface area contributed by atoms with Crippen LogP contribution in [0.15, 0.2) is 0 Å². The molecule has 0 amide bonds. The van der Waals surface area contributed by atoms with E-state index in [9.17, 15) is 9.59 Å². The molecule has 2 atom stereocenters. The third-order valence-corrected chi connectivity index (χ3v) is 2.72. The third kappa shape index (κ3) is 9.68. The Labute approximate surface area is 117 Å². The molecule has 0 bridgehead atoms. The molecule has 0 aliphatic carbocycles. The van der Waals surface area contributed by atoms with E-state index in [1.54, 1.807) is 0 Å². The summed E-state index contributed by atoms with van der Waals surface area (Å²) < 4.78 is 0. The average Bonchev–Trinajstić information content (AvgIpc) is 3.12. The van der Waals surface area contributed by atoms with Crippen molar-refractivity contribution >= 4 is 11.9 Å². The third-order valence-electron chi connectivity index (χ3n) is 2.72. The molecule has 2 heterocycles. The zero-order valence-corrected chi connectivity index (χ0v) is 11.4. The molecule has 2 aliphatic rings. The molecular weight excluding hydrogens is 268 g/mol. The molecule has 8 heteroatoms. The molecule has 2 unspecified atom stereocenters. The van der Waals surface area contributed by atoms with Crippen molar-refractivity contribution in [3.05, 3.63) is 0 Å². The molecular formula is C12H24N2O6. The van der Waals surface area contributed by atoms with Crippen LogP contribution >= 0.6 is 0 Å². The number of hydrogen-bond acceptors (Lipinski definition) is 6. The SMILES string of the molecule is C1CCNC1.C1CCNC1.O=C(O)C(O)C(O)C(=O)O. The Kier molecular flexibility index (Phi) is 10.9. The monoisotopic (exact) mass is 292 g/mol. The lowest BCUT2D eigenvalue weighted by Crippen LogP contribution is -2.39. The number of rotatable bonds is 3. The van der Waals surface area contributed by atoms with Gasteiger partial charge >= 0.3 is 11.9 Å². The molecule has 6 N–H and O–H groups in total. The van der Waals surface area contributed by atoms with Gasteiger partial charge in [0.05, 0.1) is 0 Å². The number of hydrogen-bond donors (Lipinski definition) is 6. The van der Waals surface area contributed by atoms with E-state index in [0.29, 0.717) is 0 Å². The standard InChI is InChI=1S/2C4H9N.C4H6O6/c2*1-2-4-5-3-1;5-1(3(7)8)2(6)4(9)10/h2*5H,1-4H2;1-2,5-6H,(H,7,8)(H,9,10). The van der Waals surface area contributed by atoms with Crippen LogP contribution in [0.1, 0.15) is 25.7 Å². The number of carbonyl (C=O) groups is 2. The summed E-state index contributed by atoms with van der Waals surface area (Å²) in [5.74, 6) is -3.54. The van der Waals surface area contributed by atoms with E-state index in [-0.39, 0.29) is 0 Å². The molecule has 0 radical (unpaired) electrons. The molecule has 0 saturated carbocycles. The number of carboxylic acid groups (broad SMARTS) is 2. The summed E-state index contributed by atoms with van der Waals surface area (Å²) in [6, 6.07) is 0. The number of aliphatic carboxylic acids is 2. The van der Waals surface area contributed by atoms with Crippen LogP contribution < -0.4 is 10.6 Å². The summed E-state index contributed by atoms with van der Waals surface area (Å²) >= 11 is 0. The van der Waals surface area contributed by atoms with Crippen LogP contribution in [-0.4, -0.2) is 70.8 Å². The largest absolute Gasteiger partial charge is 0.479 e. The van der Waals surface area contributed by atoms with Gasteiger partial charge in [-0.15, -0.1) is 0 Å². The van der Waals surface area contributed by atoms with Gasteiger partial charge in [0, 0.05) is 0 Å². The molecule has 118 valence electrons. The van der Waals surface area contributed by atoms with E-state index >= 15 is 0 Å². The molecule has 0 aromatic rings. The van der Waals surface area contributed by atoms with Crippen LogP contribution in [0.5, 0.6) is 0 Å². The molecule has 2 aliphatic heterocycles. The second-order valence-corrected chi connectivity index (χ2v) is 4.48. The predicted molar refractivity (Wildman–Crippen MR) is 71.5 cm³/mol. The van der Waals surface area contributed by atoms with E-state index in [2.05, 4.69) is 10.6 Å². The van der Waals surface area contributed by atoms with Crippen LogP contribution in [0.4, 0.5) is 0 Å². The van der Waals surface area contributed by atoms with Gasteiger partial charge in [0.25, 0.3) is 0 Å². The van der Waals surface area contributed by atoms with E-state index in [1.807, 2.05) is 0 Å². The number of aliphatic hydroxyl groups is 2. The molecule has 8 nitrogen and oxygen atoms in total. The highest BCUT2D eigenvalue weighted by atomic mass is 16.4. The van der Waals surface area contributed by atoms with E-state index < -0.39 is 24.1 Å². The number of nitrogens with one attached hydrogen (secondary N) is 2. The van der Waals surface area contributed by atoms with Gasteiger partial charge < -0.3 is 31.1 Å². The van der Waals surface area contributed by atoms with Crippen molar-refractivity contribution in [2.45, 2.75) is 37.9 Å². The lowest BCUT2D eigenvalue weighted by atomic mass is 10.2. The zero-order valence-electron chi connectivity index (χ0n) is 11.4. The Morgan fingerprint density at radius 2 is 0.950 bits per heavy atom. The van der Waals surface area contributed by atoms with Gasteiger partial charge in [-0.2, -0.15) is 0 Å². The van der Waals surface area contributed by atoms with Crippen LogP contribution in [-0.2, 0) is 9.59 Å². The van der Waals surface area contributed by atoms with Crippen molar-refractivity contribution in [2.75, 3.05) is 26.2 Å². The lowest BCUT2D eigenvalue weighted by Gasteiger charge is -2.07. The normalized spacial score (nSPS) is 19.9. The fourth-order valence-electron chi connectivity index (χ4n) is 1.52. The first-order valence-corrected chi connectivity index (χ1v) is 6.70. The Hall–Kier alpha value is -1.22. The molecule has 0 aromatic carbocycles. The summed E-state index contributed by atoms with van der Waals surface area (Å²) in [5, 5.41) is 39.0. The zero-order chi connectivity index (χ0) is 15.4. The van der Waals surface area contributed by atoms with E-state index in [4.69, 9.17) is 20.4 Å². The lowest BCUT2D eigenvalue weighted by molar-refractivity contribution is -0.165. The van der Waals surface area contributed by atoms with Gasteiger partial charge in [0.15, 0.2) is 12.2 Å². The van der Waals surface area contributed by atoms with Crippen LogP contribution in [0, 0.1) is 0 Å². The van der Waals surface area contributed by atoms with E-state index in [0.717, 1.165) is 0 Å². The van der Waals surface area contributed by atoms with Crippen molar-refractivity contribution in [3.8, 4) is 0 Å². The topological polar surface area (TPSA) is 139 Å². The minimum Gasteiger partial charge on any atom is -0.479 e. The summed E-state index contributed by atoms with van der Waals surface area (Å²) in [7, 11) is 0. The molecule has 2 fully saturated rings. The van der Waals surface area contributed by atoms with Crippen LogP contribution in [0.2, 0.25) is 0 Å². The van der Waals surface area contributed by atoms with Gasteiger partial charge in [0.2, 0.25) is 0 Å². The second kappa shape index (κ2) is 11.6. The molecule has 2 rings (SSSR count). The fraction of sp³-hybridized carbons (Fsp3) is 0.833. The first kappa shape index (κ1) is 18.8. The maximum absolute atomic E-state index is 9.77. The van der Waals surface area contributed by atoms with Gasteiger partial charge in [-0.25, -0.2) is 9.59 Å². The quantitative estimate of drug-likeness (QED) is 0.374. The summed E-state index contributed by atoms with van der Waals surface area (Å²) in [5.41, 5.74) is 0. The molecule has 0 aromatic heterocycles. The van der Waals surface area contributed by atoms with Crippen molar-refractivity contribution < 1.29 is 30.0 Å². The molecule has 0 spiro atoms. The Bertz CT molecular complexity index is 236. The van der Waals surface area contributed by atoms with Gasteiger partial charge in [0.1, 0.15) is 0 Å². The number of carboxylic acids is 2. The summed E-state index contributed by atoms with van der Waals surface area (Å²) in [6.07, 6.45) is 1.02. The van der Waals surface area contributed by atoms with Crippen LogP contribution in [0.25, 0.3) is 0 Å². The van der Waals surface area contributed by atoms with Gasteiger partial charge in [-0.05, 0) is 51.9 Å². The highest BCUT2D eigenvalue weighted by molar-refractivity contribution is 5.83. The second-order valence-electron chi connectivity index (χ2n) is 4.48. The van der Waals surface area contributed by atoms with Crippen molar-refractivity contribution in [1.29, 1.82) is 0 Å². The summed E-state index contributed by atoms with van der Waals surface area (Å²) in [6.45, 7) is 5.00. The van der Waals surface area contributed by atoms with Gasteiger partial charge in [-0.3, -0.25) is 0 Å². The van der Waals surface area contributed by atoms with Crippen molar-refractivity contribution in [2.24, 2.45) is 0 Å². The Balaban J connectivity index is 0.000000298.